The average Bonchev–Trinajstić information content (AvgIpc) is 2.99. The Balaban J connectivity index is 2.00. The van der Waals surface area contributed by atoms with Gasteiger partial charge in [-0.15, -0.1) is 0 Å². The summed E-state index contributed by atoms with van der Waals surface area (Å²) in [7, 11) is 1.41. The van der Waals surface area contributed by atoms with E-state index in [1.807, 2.05) is 19.9 Å². The highest BCUT2D eigenvalue weighted by Crippen LogP contribution is 2.30. The van der Waals surface area contributed by atoms with Gasteiger partial charge in [-0.25, -0.2) is 4.90 Å². The summed E-state index contributed by atoms with van der Waals surface area (Å²) in [4.78, 5) is 51.7. The molecule has 0 unspecified atom stereocenters. The number of anilines is 1. The molecule has 0 N–H and O–H groups in total. The lowest BCUT2D eigenvalue weighted by Crippen LogP contribution is -2.29. The highest BCUT2D eigenvalue weighted by molar-refractivity contribution is 6.29. The Morgan fingerprint density at radius 2 is 1.69 bits per heavy atom. The van der Waals surface area contributed by atoms with Crippen molar-refractivity contribution in [3.05, 3.63) is 52.1 Å². The molecule has 4 amide bonds. The molecule has 0 bridgehead atoms. The fraction of sp³-hybridized carbons (Fsp3) is 0.300. The van der Waals surface area contributed by atoms with Gasteiger partial charge in [0.1, 0.15) is 0 Å². The first-order valence-corrected chi connectivity index (χ1v) is 8.46. The zero-order chi connectivity index (χ0) is 19.2. The van der Waals surface area contributed by atoms with Crippen molar-refractivity contribution in [3.8, 4) is 0 Å². The minimum Gasteiger partial charge on any atom is -0.278 e. The van der Waals surface area contributed by atoms with E-state index in [1.165, 1.54) is 13.1 Å². The number of hydrogen-bond donors (Lipinski definition) is 0. The van der Waals surface area contributed by atoms with Gasteiger partial charge in [-0.05, 0) is 49.6 Å². The van der Waals surface area contributed by atoms with Crippen molar-refractivity contribution in [2.75, 3.05) is 11.9 Å². The fourth-order valence-electron chi connectivity index (χ4n) is 3.20. The van der Waals surface area contributed by atoms with Crippen molar-refractivity contribution in [2.45, 2.75) is 33.6 Å². The van der Waals surface area contributed by atoms with E-state index in [1.54, 1.807) is 19.1 Å². The maximum Gasteiger partial charge on any atom is 0.261 e. The Morgan fingerprint density at radius 3 is 2.31 bits per heavy atom. The SMILES string of the molecule is CCC1=C(/C=C2\CC(=O)N(c3ccc(C)c(C)c3)C2=O)C(=O)N(C)C1=O. The summed E-state index contributed by atoms with van der Waals surface area (Å²) in [6, 6.07) is 5.39. The molecule has 0 aliphatic carbocycles. The molecule has 0 spiro atoms. The summed E-state index contributed by atoms with van der Waals surface area (Å²) in [5.74, 6) is -1.58. The molecule has 2 aliphatic rings. The van der Waals surface area contributed by atoms with Crippen LogP contribution in [0.1, 0.15) is 30.9 Å². The molecule has 0 aromatic heterocycles. The molecule has 2 heterocycles. The van der Waals surface area contributed by atoms with Crippen LogP contribution in [0.15, 0.2) is 41.0 Å². The molecule has 0 atom stereocenters. The van der Waals surface area contributed by atoms with Crippen molar-refractivity contribution in [2.24, 2.45) is 0 Å². The van der Waals surface area contributed by atoms with Crippen LogP contribution < -0.4 is 4.90 Å². The molecular weight excluding hydrogens is 332 g/mol. The predicted octanol–water partition coefficient (Wildman–Crippen LogP) is 2.20. The van der Waals surface area contributed by atoms with Gasteiger partial charge in [-0.3, -0.25) is 24.1 Å². The lowest BCUT2D eigenvalue weighted by molar-refractivity contribution is -0.136. The second kappa shape index (κ2) is 6.37. The van der Waals surface area contributed by atoms with Crippen molar-refractivity contribution in [1.29, 1.82) is 0 Å². The molecule has 3 rings (SSSR count). The molecule has 0 radical (unpaired) electrons. The summed E-state index contributed by atoms with van der Waals surface area (Å²) >= 11 is 0. The maximum atomic E-state index is 12.8. The number of aryl methyl sites for hydroxylation is 2. The van der Waals surface area contributed by atoms with E-state index in [-0.39, 0.29) is 29.4 Å². The number of hydrogen-bond acceptors (Lipinski definition) is 4. The summed E-state index contributed by atoms with van der Waals surface area (Å²) in [6.45, 7) is 5.65. The first-order chi connectivity index (χ1) is 12.3. The minimum absolute atomic E-state index is 0.0859. The lowest BCUT2D eigenvalue weighted by Gasteiger charge is -2.15. The van der Waals surface area contributed by atoms with E-state index in [0.29, 0.717) is 17.7 Å². The van der Waals surface area contributed by atoms with Crippen molar-refractivity contribution in [1.82, 2.24) is 4.90 Å². The number of benzene rings is 1. The van der Waals surface area contributed by atoms with Crippen LogP contribution in [0.4, 0.5) is 5.69 Å². The van der Waals surface area contributed by atoms with E-state index in [2.05, 4.69) is 0 Å². The normalized spacial score (nSPS) is 19.6. The van der Waals surface area contributed by atoms with Gasteiger partial charge in [0.25, 0.3) is 17.7 Å². The number of rotatable bonds is 3. The molecule has 2 aliphatic heterocycles. The predicted molar refractivity (Wildman–Crippen MR) is 96.2 cm³/mol. The lowest BCUT2D eigenvalue weighted by atomic mass is 10.0. The van der Waals surface area contributed by atoms with Gasteiger partial charge in [0.2, 0.25) is 5.91 Å². The summed E-state index contributed by atoms with van der Waals surface area (Å²) < 4.78 is 0. The fourth-order valence-corrected chi connectivity index (χ4v) is 3.20. The molecular formula is C20H20N2O4. The molecule has 1 saturated heterocycles. The number of amides is 4. The summed E-state index contributed by atoms with van der Waals surface area (Å²) in [6.07, 6.45) is 1.71. The zero-order valence-electron chi connectivity index (χ0n) is 15.3. The van der Waals surface area contributed by atoms with Gasteiger partial charge in [0.05, 0.1) is 12.1 Å². The Morgan fingerprint density at radius 1 is 1.00 bits per heavy atom. The number of carbonyl (C=O) groups excluding carboxylic acids is 4. The van der Waals surface area contributed by atoms with Crippen molar-refractivity contribution in [3.63, 3.8) is 0 Å². The van der Waals surface area contributed by atoms with Gasteiger partial charge >= 0.3 is 0 Å². The number of carbonyl (C=O) groups is 4. The van der Waals surface area contributed by atoms with Crippen molar-refractivity contribution >= 4 is 29.3 Å². The van der Waals surface area contributed by atoms with Crippen LogP contribution in [0, 0.1) is 13.8 Å². The second-order valence-corrected chi connectivity index (χ2v) is 6.56. The van der Waals surface area contributed by atoms with E-state index in [4.69, 9.17) is 0 Å². The number of likely N-dealkylation sites (N-methyl/N-ethyl adjacent to an activating group) is 1. The smallest absolute Gasteiger partial charge is 0.261 e. The highest BCUT2D eigenvalue weighted by atomic mass is 16.2. The van der Waals surface area contributed by atoms with Crippen LogP contribution in [0.25, 0.3) is 0 Å². The molecule has 1 aromatic rings. The Kier molecular flexibility index (Phi) is 4.36. The van der Waals surface area contributed by atoms with Crippen LogP contribution in [-0.2, 0) is 19.2 Å². The van der Waals surface area contributed by atoms with Gasteiger partial charge in [0.15, 0.2) is 0 Å². The Labute approximate surface area is 151 Å². The van der Waals surface area contributed by atoms with Crippen LogP contribution in [0.5, 0.6) is 0 Å². The molecule has 1 aromatic carbocycles. The molecule has 134 valence electrons. The van der Waals surface area contributed by atoms with E-state index in [0.717, 1.165) is 20.9 Å². The van der Waals surface area contributed by atoms with Gasteiger partial charge in [-0.1, -0.05) is 13.0 Å². The minimum atomic E-state index is -0.448. The molecule has 0 saturated carbocycles. The third-order valence-electron chi connectivity index (χ3n) is 4.91. The largest absolute Gasteiger partial charge is 0.278 e. The maximum absolute atomic E-state index is 12.8. The van der Waals surface area contributed by atoms with E-state index < -0.39 is 11.8 Å². The second-order valence-electron chi connectivity index (χ2n) is 6.56. The van der Waals surface area contributed by atoms with Crippen molar-refractivity contribution < 1.29 is 19.2 Å². The third kappa shape index (κ3) is 2.67. The molecule has 6 nitrogen and oxygen atoms in total. The van der Waals surface area contributed by atoms with E-state index >= 15 is 0 Å². The van der Waals surface area contributed by atoms with Gasteiger partial charge in [-0.2, -0.15) is 0 Å². The Hall–Kier alpha value is -3.02. The first kappa shape index (κ1) is 17.8. The topological polar surface area (TPSA) is 74.8 Å². The molecule has 6 heteroatoms. The first-order valence-electron chi connectivity index (χ1n) is 8.46. The number of nitrogens with zero attached hydrogens (tertiary/aromatic N) is 2. The van der Waals surface area contributed by atoms with Crippen LogP contribution in [0.3, 0.4) is 0 Å². The summed E-state index contributed by atoms with van der Waals surface area (Å²) in [5.41, 5.74) is 3.37. The van der Waals surface area contributed by atoms with E-state index in [9.17, 15) is 19.2 Å². The number of imide groups is 2. The highest BCUT2D eigenvalue weighted by Gasteiger charge is 2.38. The molecule has 26 heavy (non-hydrogen) atoms. The quantitative estimate of drug-likeness (QED) is 0.617. The summed E-state index contributed by atoms with van der Waals surface area (Å²) in [5, 5.41) is 0. The standard InChI is InChI=1S/C20H20N2O4/c1-5-15-16(20(26)21(4)19(15)25)9-13-10-17(23)22(18(13)24)14-7-6-11(2)12(3)8-14/h6-9H,5,10H2,1-4H3/b13-9+. The van der Waals surface area contributed by atoms with Gasteiger partial charge in [0, 0.05) is 23.8 Å². The third-order valence-corrected chi connectivity index (χ3v) is 4.91. The molecule has 1 fully saturated rings. The van der Waals surface area contributed by atoms with Crippen LogP contribution in [-0.4, -0.2) is 35.6 Å². The van der Waals surface area contributed by atoms with Gasteiger partial charge < -0.3 is 0 Å². The average molecular weight is 352 g/mol. The van der Waals surface area contributed by atoms with Crippen LogP contribution in [0.2, 0.25) is 0 Å². The monoisotopic (exact) mass is 352 g/mol. The van der Waals surface area contributed by atoms with Crippen LogP contribution >= 0.6 is 0 Å². The Bertz CT molecular complexity index is 924. The zero-order valence-corrected chi connectivity index (χ0v) is 15.3.